The summed E-state index contributed by atoms with van der Waals surface area (Å²) in [7, 11) is 0. The average Bonchev–Trinajstić information content (AvgIpc) is 2.62. The summed E-state index contributed by atoms with van der Waals surface area (Å²) in [4.78, 5) is 5.46. The molecule has 1 aromatic heterocycles. The molecule has 0 aliphatic heterocycles. The summed E-state index contributed by atoms with van der Waals surface area (Å²) < 4.78 is 1.13. The van der Waals surface area contributed by atoms with Crippen molar-refractivity contribution in [2.24, 2.45) is 10.7 Å². The molecule has 3 N–H and O–H groups in total. The van der Waals surface area contributed by atoms with Gasteiger partial charge in [0, 0.05) is 11.4 Å². The number of halogens is 2. The van der Waals surface area contributed by atoms with Crippen molar-refractivity contribution in [3.8, 4) is 0 Å². The van der Waals surface area contributed by atoms with E-state index in [0.29, 0.717) is 12.5 Å². The van der Waals surface area contributed by atoms with Gasteiger partial charge in [-0.25, -0.2) is 4.99 Å². The molecule has 0 saturated carbocycles. The molecule has 0 radical (unpaired) electrons. The van der Waals surface area contributed by atoms with Crippen LogP contribution in [0.15, 0.2) is 20.9 Å². The number of rotatable bonds is 5. The highest BCUT2D eigenvalue weighted by atomic mass is 127. The number of hydrogen-bond acceptors (Lipinski definition) is 2. The lowest BCUT2D eigenvalue weighted by molar-refractivity contribution is 0.748. The van der Waals surface area contributed by atoms with Crippen LogP contribution in [0.25, 0.3) is 0 Å². The van der Waals surface area contributed by atoms with Gasteiger partial charge >= 0.3 is 0 Å². The standard InChI is InChI=1S/C10H16BrN3S.HI/c1-2-3-6-13-10(12)14-7-8-4-5-9(11)15-8;/h4-5H,2-3,6-7H2,1H3,(H3,12,13,14);1H. The van der Waals surface area contributed by atoms with E-state index < -0.39 is 0 Å². The third-order valence-electron chi connectivity index (χ3n) is 1.87. The highest BCUT2D eigenvalue weighted by Crippen LogP contribution is 2.22. The van der Waals surface area contributed by atoms with Gasteiger partial charge in [0.2, 0.25) is 0 Å². The van der Waals surface area contributed by atoms with Crippen molar-refractivity contribution in [1.29, 1.82) is 0 Å². The van der Waals surface area contributed by atoms with Crippen LogP contribution in [-0.2, 0) is 6.54 Å². The van der Waals surface area contributed by atoms with Crippen LogP contribution >= 0.6 is 51.2 Å². The largest absolute Gasteiger partial charge is 0.370 e. The van der Waals surface area contributed by atoms with E-state index >= 15 is 0 Å². The molecule has 1 heterocycles. The van der Waals surface area contributed by atoms with Gasteiger partial charge in [0.15, 0.2) is 5.96 Å². The molecule has 0 saturated heterocycles. The molecule has 0 spiro atoms. The third-order valence-corrected chi connectivity index (χ3v) is 3.48. The molecule has 0 atom stereocenters. The van der Waals surface area contributed by atoms with Crippen LogP contribution < -0.4 is 11.1 Å². The lowest BCUT2D eigenvalue weighted by Crippen LogP contribution is -2.32. The summed E-state index contributed by atoms with van der Waals surface area (Å²) in [6.45, 7) is 3.71. The zero-order chi connectivity index (χ0) is 11.1. The van der Waals surface area contributed by atoms with Crippen LogP contribution in [0.1, 0.15) is 24.6 Å². The van der Waals surface area contributed by atoms with Crippen molar-refractivity contribution in [3.63, 3.8) is 0 Å². The minimum atomic E-state index is 0. The smallest absolute Gasteiger partial charge is 0.188 e. The number of unbranched alkanes of at least 4 members (excludes halogenated alkanes) is 1. The van der Waals surface area contributed by atoms with E-state index in [-0.39, 0.29) is 24.0 Å². The Kier molecular flexibility index (Phi) is 9.34. The van der Waals surface area contributed by atoms with Gasteiger partial charge in [-0.2, -0.15) is 0 Å². The van der Waals surface area contributed by atoms with E-state index in [4.69, 9.17) is 5.73 Å². The second kappa shape index (κ2) is 9.23. The van der Waals surface area contributed by atoms with Gasteiger partial charge in [-0.05, 0) is 34.5 Å². The van der Waals surface area contributed by atoms with E-state index in [1.807, 2.05) is 6.07 Å². The summed E-state index contributed by atoms with van der Waals surface area (Å²) in [5.74, 6) is 0.535. The van der Waals surface area contributed by atoms with Gasteiger partial charge < -0.3 is 11.1 Å². The Morgan fingerprint density at radius 2 is 2.31 bits per heavy atom. The van der Waals surface area contributed by atoms with E-state index in [1.165, 1.54) is 4.88 Å². The molecule has 1 rings (SSSR count). The lowest BCUT2D eigenvalue weighted by Gasteiger charge is -2.03. The SMILES string of the molecule is CCCCNC(N)=NCc1ccc(Br)s1.I. The first-order valence-corrected chi connectivity index (χ1v) is 6.61. The van der Waals surface area contributed by atoms with Gasteiger partial charge in [-0.15, -0.1) is 35.3 Å². The fraction of sp³-hybridized carbons (Fsp3) is 0.500. The molecule has 1 aromatic rings. The minimum absolute atomic E-state index is 0. The predicted molar refractivity (Wildman–Crippen MR) is 85.7 cm³/mol. The normalized spacial score (nSPS) is 11.0. The van der Waals surface area contributed by atoms with Crippen LogP contribution in [0.2, 0.25) is 0 Å². The van der Waals surface area contributed by atoms with Crippen molar-refractivity contribution < 1.29 is 0 Å². The Hall–Kier alpha value is 0.180. The molecule has 3 nitrogen and oxygen atoms in total. The molecule has 0 amide bonds. The number of nitrogens with zero attached hydrogens (tertiary/aromatic N) is 1. The van der Waals surface area contributed by atoms with E-state index in [0.717, 1.165) is 23.2 Å². The second-order valence-electron chi connectivity index (χ2n) is 3.19. The molecule has 0 aromatic carbocycles. The first-order valence-electron chi connectivity index (χ1n) is 5.00. The maximum absolute atomic E-state index is 5.70. The monoisotopic (exact) mass is 417 g/mol. The summed E-state index contributed by atoms with van der Waals surface area (Å²) in [5.41, 5.74) is 5.70. The van der Waals surface area contributed by atoms with Crippen LogP contribution in [0, 0.1) is 0 Å². The number of guanidine groups is 1. The maximum atomic E-state index is 5.70. The third kappa shape index (κ3) is 6.70. The summed E-state index contributed by atoms with van der Waals surface area (Å²) in [6.07, 6.45) is 2.29. The van der Waals surface area contributed by atoms with Crippen molar-refractivity contribution in [2.75, 3.05) is 6.54 Å². The summed E-state index contributed by atoms with van der Waals surface area (Å²) in [5, 5.41) is 3.08. The summed E-state index contributed by atoms with van der Waals surface area (Å²) in [6, 6.07) is 4.08. The molecule has 0 fully saturated rings. The van der Waals surface area contributed by atoms with Crippen LogP contribution in [0.4, 0.5) is 0 Å². The number of thiophene rings is 1. The zero-order valence-corrected chi connectivity index (χ0v) is 13.9. The molecule has 16 heavy (non-hydrogen) atoms. The van der Waals surface area contributed by atoms with Crippen LogP contribution in [0.5, 0.6) is 0 Å². The van der Waals surface area contributed by atoms with Crippen molar-refractivity contribution in [3.05, 3.63) is 20.8 Å². The second-order valence-corrected chi connectivity index (χ2v) is 5.74. The Morgan fingerprint density at radius 1 is 1.56 bits per heavy atom. The highest BCUT2D eigenvalue weighted by Gasteiger charge is 1.96. The topological polar surface area (TPSA) is 50.4 Å². The maximum Gasteiger partial charge on any atom is 0.188 e. The fourth-order valence-corrected chi connectivity index (χ4v) is 2.46. The Bertz CT molecular complexity index is 328. The van der Waals surface area contributed by atoms with Gasteiger partial charge in [0.1, 0.15) is 0 Å². The van der Waals surface area contributed by atoms with E-state index in [9.17, 15) is 0 Å². The number of aliphatic imine (C=N–C) groups is 1. The molecule has 92 valence electrons. The Morgan fingerprint density at radius 3 is 2.88 bits per heavy atom. The fourth-order valence-electron chi connectivity index (χ4n) is 1.05. The number of nitrogens with one attached hydrogen (secondary N) is 1. The van der Waals surface area contributed by atoms with E-state index in [1.54, 1.807) is 11.3 Å². The van der Waals surface area contributed by atoms with Crippen LogP contribution in [-0.4, -0.2) is 12.5 Å². The minimum Gasteiger partial charge on any atom is -0.370 e. The quantitative estimate of drug-likeness (QED) is 0.334. The molecule has 0 aliphatic rings. The van der Waals surface area contributed by atoms with Gasteiger partial charge in [-0.3, -0.25) is 0 Å². The Balaban J connectivity index is 0.00000225. The molecule has 0 bridgehead atoms. The van der Waals surface area contributed by atoms with E-state index in [2.05, 4.69) is 39.2 Å². The predicted octanol–water partition coefficient (Wildman–Crippen LogP) is 3.33. The van der Waals surface area contributed by atoms with Crippen LogP contribution in [0.3, 0.4) is 0 Å². The average molecular weight is 418 g/mol. The van der Waals surface area contributed by atoms with Gasteiger partial charge in [0.05, 0.1) is 10.3 Å². The zero-order valence-electron chi connectivity index (χ0n) is 9.20. The Labute approximate surface area is 126 Å². The lowest BCUT2D eigenvalue weighted by atomic mass is 10.3. The number of hydrogen-bond donors (Lipinski definition) is 2. The van der Waals surface area contributed by atoms with Gasteiger partial charge in [0.25, 0.3) is 0 Å². The molecule has 6 heteroatoms. The molecule has 0 aliphatic carbocycles. The highest BCUT2D eigenvalue weighted by molar-refractivity contribution is 14.0. The van der Waals surface area contributed by atoms with Crippen molar-refractivity contribution in [2.45, 2.75) is 26.3 Å². The first kappa shape index (κ1) is 16.2. The first-order chi connectivity index (χ1) is 7.22. The number of nitrogens with two attached hydrogens (primary N) is 1. The summed E-state index contributed by atoms with van der Waals surface area (Å²) >= 11 is 5.10. The van der Waals surface area contributed by atoms with Crippen molar-refractivity contribution >= 4 is 57.2 Å². The van der Waals surface area contributed by atoms with Gasteiger partial charge in [-0.1, -0.05) is 13.3 Å². The van der Waals surface area contributed by atoms with Crippen molar-refractivity contribution in [1.82, 2.24) is 5.32 Å². The molecular formula is C10H17BrIN3S. The molecule has 0 unspecified atom stereocenters. The molecular weight excluding hydrogens is 401 g/mol.